The Morgan fingerprint density at radius 3 is 2.23 bits per heavy atom. The molecule has 4 rings (SSSR count). The van der Waals surface area contributed by atoms with Crippen LogP contribution in [0.3, 0.4) is 0 Å². The average molecular weight is 404 g/mol. The second-order valence-electron chi connectivity index (χ2n) is 8.03. The summed E-state index contributed by atoms with van der Waals surface area (Å²) >= 11 is 0. The van der Waals surface area contributed by atoms with Crippen molar-refractivity contribution in [2.75, 3.05) is 41.7 Å². The highest BCUT2D eigenvalue weighted by atomic mass is 16.5. The van der Waals surface area contributed by atoms with Gasteiger partial charge < -0.3 is 20.3 Å². The fraction of sp³-hybridized carbons (Fsp3) is 0.333. The summed E-state index contributed by atoms with van der Waals surface area (Å²) in [5.41, 5.74) is 13.2. The molecule has 3 aromatic rings. The maximum absolute atomic E-state index is 6.42. The Hall–Kier alpha value is -3.28. The van der Waals surface area contributed by atoms with Crippen LogP contribution in [0.2, 0.25) is 0 Å². The second kappa shape index (κ2) is 8.22. The average Bonchev–Trinajstić information content (AvgIpc) is 2.71. The number of aromatic nitrogens is 2. The van der Waals surface area contributed by atoms with Gasteiger partial charge in [0.05, 0.1) is 0 Å². The van der Waals surface area contributed by atoms with Crippen molar-refractivity contribution in [1.82, 2.24) is 9.97 Å². The molecule has 0 spiro atoms. The van der Waals surface area contributed by atoms with Crippen LogP contribution in [0, 0.1) is 27.7 Å². The van der Waals surface area contributed by atoms with Crippen LogP contribution in [0.15, 0.2) is 42.7 Å². The molecule has 1 aromatic heterocycles. The second-order valence-corrected chi connectivity index (χ2v) is 8.03. The van der Waals surface area contributed by atoms with Crippen molar-refractivity contribution < 1.29 is 4.74 Å². The normalized spacial score (nSPS) is 14.1. The van der Waals surface area contributed by atoms with Crippen LogP contribution in [0.25, 0.3) is 0 Å². The Morgan fingerprint density at radius 2 is 1.53 bits per heavy atom. The van der Waals surface area contributed by atoms with E-state index in [9.17, 15) is 0 Å². The Kier molecular flexibility index (Phi) is 5.48. The van der Waals surface area contributed by atoms with Crippen LogP contribution in [0.5, 0.6) is 11.6 Å². The highest BCUT2D eigenvalue weighted by Crippen LogP contribution is 2.33. The third-order valence-corrected chi connectivity index (χ3v) is 5.73. The molecule has 0 atom stereocenters. The van der Waals surface area contributed by atoms with Gasteiger partial charge in [0.25, 0.3) is 0 Å². The molecule has 0 amide bonds. The highest BCUT2D eigenvalue weighted by molar-refractivity contribution is 5.69. The first-order valence-electron chi connectivity index (χ1n) is 10.3. The lowest BCUT2D eigenvalue weighted by molar-refractivity contribution is 0.463. The van der Waals surface area contributed by atoms with E-state index in [1.807, 2.05) is 26.0 Å². The third kappa shape index (κ3) is 4.03. The van der Waals surface area contributed by atoms with Crippen LogP contribution < -0.4 is 20.3 Å². The predicted molar refractivity (Wildman–Crippen MR) is 123 cm³/mol. The molecule has 2 aromatic carbocycles. The summed E-state index contributed by atoms with van der Waals surface area (Å²) in [6.07, 6.45) is 1.53. The molecule has 30 heavy (non-hydrogen) atoms. The molecule has 156 valence electrons. The minimum atomic E-state index is 0.405. The molecule has 2 heterocycles. The molecule has 1 aliphatic rings. The summed E-state index contributed by atoms with van der Waals surface area (Å²) in [5.74, 6) is 1.88. The standard InChI is InChI=1S/C24H29N5O/c1-16-12-17(2)14-20(13-16)30-24-22(25)23(26-15-27-24)29-10-8-28(9-11-29)21-7-5-6-18(3)19(21)4/h5-7,12-15H,8-11,25H2,1-4H3. The molecule has 0 radical (unpaired) electrons. The number of aryl methyl sites for hydroxylation is 3. The zero-order chi connectivity index (χ0) is 21.3. The molecule has 1 fully saturated rings. The zero-order valence-corrected chi connectivity index (χ0v) is 18.1. The number of piperazine rings is 1. The molecular formula is C24H29N5O. The van der Waals surface area contributed by atoms with Gasteiger partial charge in [0.15, 0.2) is 5.82 Å². The van der Waals surface area contributed by atoms with E-state index in [2.05, 4.69) is 57.9 Å². The fourth-order valence-electron chi connectivity index (χ4n) is 4.04. The van der Waals surface area contributed by atoms with Crippen LogP contribution in [0.4, 0.5) is 17.2 Å². The smallest absolute Gasteiger partial charge is 0.248 e. The van der Waals surface area contributed by atoms with E-state index >= 15 is 0 Å². The number of benzene rings is 2. The van der Waals surface area contributed by atoms with E-state index in [-0.39, 0.29) is 0 Å². The molecule has 0 aliphatic carbocycles. The van der Waals surface area contributed by atoms with Crippen LogP contribution in [0.1, 0.15) is 22.3 Å². The SMILES string of the molecule is Cc1cc(C)cc(Oc2ncnc(N3CCN(c4cccc(C)c4C)CC3)c2N)c1. The van der Waals surface area contributed by atoms with E-state index in [1.54, 1.807) is 0 Å². The monoisotopic (exact) mass is 403 g/mol. The maximum atomic E-state index is 6.42. The van der Waals surface area contributed by atoms with Crippen molar-refractivity contribution >= 4 is 17.2 Å². The number of hydrogen-bond donors (Lipinski definition) is 1. The van der Waals surface area contributed by atoms with Gasteiger partial charge in [0, 0.05) is 31.9 Å². The predicted octanol–water partition coefficient (Wildman–Crippen LogP) is 4.41. The summed E-state index contributed by atoms with van der Waals surface area (Å²) in [5, 5.41) is 0. The van der Waals surface area contributed by atoms with Crippen molar-refractivity contribution in [2.45, 2.75) is 27.7 Å². The molecule has 1 saturated heterocycles. The van der Waals surface area contributed by atoms with Gasteiger partial charge in [-0.05, 0) is 68.1 Å². The lowest BCUT2D eigenvalue weighted by Crippen LogP contribution is -2.47. The van der Waals surface area contributed by atoms with Gasteiger partial charge in [0.2, 0.25) is 5.88 Å². The van der Waals surface area contributed by atoms with Gasteiger partial charge >= 0.3 is 0 Å². The lowest BCUT2D eigenvalue weighted by Gasteiger charge is -2.38. The van der Waals surface area contributed by atoms with Gasteiger partial charge in [-0.15, -0.1) is 0 Å². The van der Waals surface area contributed by atoms with Crippen molar-refractivity contribution in [1.29, 1.82) is 0 Å². The number of rotatable bonds is 4. The quantitative estimate of drug-likeness (QED) is 0.696. The van der Waals surface area contributed by atoms with E-state index in [0.717, 1.165) is 48.9 Å². The third-order valence-electron chi connectivity index (χ3n) is 5.73. The van der Waals surface area contributed by atoms with Crippen molar-refractivity contribution in [3.05, 3.63) is 65.0 Å². The van der Waals surface area contributed by atoms with Gasteiger partial charge in [-0.2, -0.15) is 4.98 Å². The number of ether oxygens (including phenoxy) is 1. The molecule has 6 heteroatoms. The summed E-state index contributed by atoms with van der Waals surface area (Å²) in [7, 11) is 0. The van der Waals surface area contributed by atoms with Crippen LogP contribution in [-0.2, 0) is 0 Å². The van der Waals surface area contributed by atoms with Crippen molar-refractivity contribution in [3.63, 3.8) is 0 Å². The molecule has 0 saturated carbocycles. The van der Waals surface area contributed by atoms with Gasteiger partial charge in [-0.1, -0.05) is 18.2 Å². The number of nitrogen functional groups attached to an aromatic ring is 1. The molecule has 6 nitrogen and oxygen atoms in total. The van der Waals surface area contributed by atoms with E-state index in [1.165, 1.54) is 23.1 Å². The molecule has 2 N–H and O–H groups in total. The summed E-state index contributed by atoms with van der Waals surface area (Å²) < 4.78 is 6.01. The zero-order valence-electron chi connectivity index (χ0n) is 18.1. The first-order valence-corrected chi connectivity index (χ1v) is 10.3. The minimum Gasteiger partial charge on any atom is -0.437 e. The Bertz CT molecular complexity index is 1040. The number of hydrogen-bond acceptors (Lipinski definition) is 6. The summed E-state index contributed by atoms with van der Waals surface area (Å²) in [4.78, 5) is 13.4. The number of nitrogens with zero attached hydrogens (tertiary/aromatic N) is 4. The first kappa shape index (κ1) is 20.0. The number of anilines is 3. The fourth-order valence-corrected chi connectivity index (χ4v) is 4.04. The van der Waals surface area contributed by atoms with Crippen molar-refractivity contribution in [3.8, 4) is 11.6 Å². The van der Waals surface area contributed by atoms with E-state index < -0.39 is 0 Å². The molecule has 0 unspecified atom stereocenters. The van der Waals surface area contributed by atoms with Crippen LogP contribution in [-0.4, -0.2) is 36.1 Å². The van der Waals surface area contributed by atoms with Crippen molar-refractivity contribution in [2.24, 2.45) is 0 Å². The topological polar surface area (TPSA) is 67.5 Å². The Morgan fingerprint density at radius 1 is 0.867 bits per heavy atom. The largest absolute Gasteiger partial charge is 0.437 e. The van der Waals surface area contributed by atoms with E-state index in [0.29, 0.717) is 11.6 Å². The molecule has 0 bridgehead atoms. The van der Waals surface area contributed by atoms with Gasteiger partial charge in [-0.3, -0.25) is 0 Å². The number of nitrogens with two attached hydrogens (primary N) is 1. The molecular weight excluding hydrogens is 374 g/mol. The van der Waals surface area contributed by atoms with Gasteiger partial charge in [0.1, 0.15) is 17.8 Å². The maximum Gasteiger partial charge on any atom is 0.248 e. The molecule has 1 aliphatic heterocycles. The summed E-state index contributed by atoms with van der Waals surface area (Å²) in [6.45, 7) is 12.0. The highest BCUT2D eigenvalue weighted by Gasteiger charge is 2.23. The summed E-state index contributed by atoms with van der Waals surface area (Å²) in [6, 6.07) is 12.6. The Balaban J connectivity index is 1.50. The Labute approximate surface area is 178 Å². The minimum absolute atomic E-state index is 0.405. The van der Waals surface area contributed by atoms with Gasteiger partial charge in [-0.25, -0.2) is 4.98 Å². The lowest BCUT2D eigenvalue weighted by atomic mass is 10.1. The van der Waals surface area contributed by atoms with Crippen LogP contribution >= 0.6 is 0 Å². The first-order chi connectivity index (χ1) is 14.4. The van der Waals surface area contributed by atoms with E-state index in [4.69, 9.17) is 10.5 Å².